The first-order valence-corrected chi connectivity index (χ1v) is 9.59. The molecular formula is C22H22FN3O2. The topological polar surface area (TPSA) is 62.3 Å². The molecule has 1 fully saturated rings. The number of carbonyl (C=O) groups excluding carboxylic acids is 2. The van der Waals surface area contributed by atoms with Gasteiger partial charge in [-0.3, -0.25) is 14.6 Å². The minimum absolute atomic E-state index is 0.0486. The molecule has 0 radical (unpaired) electrons. The van der Waals surface area contributed by atoms with Crippen LogP contribution in [0.5, 0.6) is 0 Å². The number of nitrogens with one attached hydrogen (secondary N) is 1. The molecular weight excluding hydrogens is 357 g/mol. The van der Waals surface area contributed by atoms with E-state index in [0.717, 1.165) is 36.8 Å². The predicted octanol–water partition coefficient (Wildman–Crippen LogP) is 3.83. The van der Waals surface area contributed by atoms with Crippen LogP contribution in [0.1, 0.15) is 37.7 Å². The number of pyridine rings is 1. The SMILES string of the molecule is O=C(CC1=C2CCCCC2N(Cc2ccc(F)cc2)C1=O)Nc1cccnc1. The van der Waals surface area contributed by atoms with E-state index in [9.17, 15) is 14.0 Å². The summed E-state index contributed by atoms with van der Waals surface area (Å²) >= 11 is 0. The second-order valence-electron chi connectivity index (χ2n) is 7.29. The molecule has 0 spiro atoms. The van der Waals surface area contributed by atoms with Gasteiger partial charge in [-0.05, 0) is 54.7 Å². The Hall–Kier alpha value is -3.02. The molecule has 2 aliphatic rings. The van der Waals surface area contributed by atoms with Crippen molar-refractivity contribution in [2.45, 2.75) is 44.7 Å². The molecule has 5 nitrogen and oxygen atoms in total. The Bertz CT molecular complexity index is 909. The van der Waals surface area contributed by atoms with Gasteiger partial charge in [0, 0.05) is 18.3 Å². The van der Waals surface area contributed by atoms with E-state index in [1.165, 1.54) is 12.1 Å². The number of aromatic nitrogens is 1. The molecule has 144 valence electrons. The van der Waals surface area contributed by atoms with Crippen molar-refractivity contribution in [2.75, 3.05) is 5.32 Å². The molecule has 1 aliphatic heterocycles. The maximum absolute atomic E-state index is 13.2. The van der Waals surface area contributed by atoms with E-state index in [2.05, 4.69) is 10.3 Å². The van der Waals surface area contributed by atoms with Crippen LogP contribution in [0.3, 0.4) is 0 Å². The van der Waals surface area contributed by atoms with Gasteiger partial charge in [0.05, 0.1) is 24.3 Å². The number of anilines is 1. The highest BCUT2D eigenvalue weighted by Crippen LogP contribution is 2.38. The summed E-state index contributed by atoms with van der Waals surface area (Å²) in [6.45, 7) is 0.432. The largest absolute Gasteiger partial charge is 0.328 e. The molecule has 28 heavy (non-hydrogen) atoms. The molecule has 2 amide bonds. The number of halogens is 1. The quantitative estimate of drug-likeness (QED) is 0.859. The lowest BCUT2D eigenvalue weighted by atomic mass is 9.88. The number of rotatable bonds is 5. The molecule has 0 saturated heterocycles. The van der Waals surface area contributed by atoms with E-state index in [0.29, 0.717) is 17.8 Å². The van der Waals surface area contributed by atoms with Crippen molar-refractivity contribution in [3.63, 3.8) is 0 Å². The maximum Gasteiger partial charge on any atom is 0.251 e. The van der Waals surface area contributed by atoms with Gasteiger partial charge >= 0.3 is 0 Å². The van der Waals surface area contributed by atoms with Crippen molar-refractivity contribution in [1.29, 1.82) is 0 Å². The molecule has 6 heteroatoms. The summed E-state index contributed by atoms with van der Waals surface area (Å²) in [4.78, 5) is 31.5. The van der Waals surface area contributed by atoms with Crippen molar-refractivity contribution >= 4 is 17.5 Å². The van der Waals surface area contributed by atoms with Crippen molar-refractivity contribution in [3.8, 4) is 0 Å². The Kier molecular flexibility index (Phi) is 5.19. The lowest BCUT2D eigenvalue weighted by Crippen LogP contribution is -2.36. The highest BCUT2D eigenvalue weighted by Gasteiger charge is 2.40. The molecule has 0 bridgehead atoms. The van der Waals surface area contributed by atoms with E-state index in [1.54, 1.807) is 36.7 Å². The van der Waals surface area contributed by atoms with Crippen LogP contribution in [0, 0.1) is 5.82 Å². The van der Waals surface area contributed by atoms with Crippen LogP contribution in [-0.4, -0.2) is 27.7 Å². The summed E-state index contributed by atoms with van der Waals surface area (Å²) in [7, 11) is 0. The van der Waals surface area contributed by atoms with Gasteiger partial charge in [0.15, 0.2) is 0 Å². The van der Waals surface area contributed by atoms with Crippen LogP contribution in [0.4, 0.5) is 10.1 Å². The van der Waals surface area contributed by atoms with Crippen molar-refractivity contribution in [2.24, 2.45) is 0 Å². The van der Waals surface area contributed by atoms with E-state index in [-0.39, 0.29) is 30.1 Å². The molecule has 1 saturated carbocycles. The number of carbonyl (C=O) groups is 2. The van der Waals surface area contributed by atoms with Gasteiger partial charge in [0.25, 0.3) is 5.91 Å². The second-order valence-corrected chi connectivity index (χ2v) is 7.29. The number of nitrogens with zero attached hydrogens (tertiary/aromatic N) is 2. The minimum atomic E-state index is -0.291. The van der Waals surface area contributed by atoms with Crippen LogP contribution in [-0.2, 0) is 16.1 Å². The summed E-state index contributed by atoms with van der Waals surface area (Å²) in [6.07, 6.45) is 7.16. The molecule has 1 aliphatic carbocycles. The fraction of sp³-hybridized carbons (Fsp3) is 0.318. The highest BCUT2D eigenvalue weighted by atomic mass is 19.1. The van der Waals surface area contributed by atoms with E-state index >= 15 is 0 Å². The van der Waals surface area contributed by atoms with Gasteiger partial charge < -0.3 is 10.2 Å². The second kappa shape index (κ2) is 7.92. The molecule has 1 unspecified atom stereocenters. The average molecular weight is 379 g/mol. The Morgan fingerprint density at radius 1 is 1.21 bits per heavy atom. The zero-order chi connectivity index (χ0) is 19.5. The van der Waals surface area contributed by atoms with Crippen LogP contribution in [0.25, 0.3) is 0 Å². The Labute approximate surface area is 163 Å². The number of amides is 2. The van der Waals surface area contributed by atoms with Gasteiger partial charge in [-0.15, -0.1) is 0 Å². The first kappa shape index (κ1) is 18.3. The van der Waals surface area contributed by atoms with Crippen molar-refractivity contribution < 1.29 is 14.0 Å². The lowest BCUT2D eigenvalue weighted by Gasteiger charge is -2.30. The third-order valence-electron chi connectivity index (χ3n) is 5.41. The summed E-state index contributed by atoms with van der Waals surface area (Å²) in [5.74, 6) is -0.579. The summed E-state index contributed by atoms with van der Waals surface area (Å²) in [5.41, 5.74) is 3.22. The first-order chi connectivity index (χ1) is 13.6. The summed E-state index contributed by atoms with van der Waals surface area (Å²) < 4.78 is 13.2. The number of benzene rings is 1. The van der Waals surface area contributed by atoms with Crippen LogP contribution >= 0.6 is 0 Å². The predicted molar refractivity (Wildman–Crippen MR) is 104 cm³/mol. The first-order valence-electron chi connectivity index (χ1n) is 9.59. The number of hydrogen-bond donors (Lipinski definition) is 1. The van der Waals surface area contributed by atoms with Crippen molar-refractivity contribution in [1.82, 2.24) is 9.88 Å². The Morgan fingerprint density at radius 3 is 2.79 bits per heavy atom. The minimum Gasteiger partial charge on any atom is -0.328 e. The van der Waals surface area contributed by atoms with Crippen LogP contribution in [0.2, 0.25) is 0 Å². The standard InChI is InChI=1S/C22H22FN3O2/c23-16-9-7-15(8-10-16)14-26-20-6-2-1-5-18(20)19(22(26)28)12-21(27)25-17-4-3-11-24-13-17/h3-4,7-11,13,20H,1-2,5-6,12,14H2,(H,25,27). The smallest absolute Gasteiger partial charge is 0.251 e. The Balaban J connectivity index is 1.51. The van der Waals surface area contributed by atoms with Gasteiger partial charge in [0.1, 0.15) is 5.82 Å². The zero-order valence-corrected chi connectivity index (χ0v) is 15.5. The zero-order valence-electron chi connectivity index (χ0n) is 15.5. The summed E-state index contributed by atoms with van der Waals surface area (Å²) in [5, 5.41) is 2.81. The van der Waals surface area contributed by atoms with Crippen LogP contribution < -0.4 is 5.32 Å². The van der Waals surface area contributed by atoms with Gasteiger partial charge in [-0.2, -0.15) is 0 Å². The molecule has 1 atom stereocenters. The highest BCUT2D eigenvalue weighted by molar-refractivity contribution is 6.04. The molecule has 1 aromatic carbocycles. The van der Waals surface area contributed by atoms with E-state index < -0.39 is 0 Å². The third-order valence-corrected chi connectivity index (χ3v) is 5.41. The Morgan fingerprint density at radius 2 is 2.04 bits per heavy atom. The van der Waals surface area contributed by atoms with E-state index in [4.69, 9.17) is 0 Å². The molecule has 1 aromatic heterocycles. The lowest BCUT2D eigenvalue weighted by molar-refractivity contribution is -0.129. The van der Waals surface area contributed by atoms with Crippen LogP contribution in [0.15, 0.2) is 59.9 Å². The molecule has 4 rings (SSSR count). The van der Waals surface area contributed by atoms with E-state index in [1.807, 2.05) is 4.90 Å². The maximum atomic E-state index is 13.2. The fourth-order valence-electron chi connectivity index (χ4n) is 4.10. The van der Waals surface area contributed by atoms with Crippen molar-refractivity contribution in [3.05, 3.63) is 71.3 Å². The van der Waals surface area contributed by atoms with Gasteiger partial charge in [0.2, 0.25) is 5.91 Å². The number of hydrogen-bond acceptors (Lipinski definition) is 3. The monoisotopic (exact) mass is 379 g/mol. The third kappa shape index (κ3) is 3.81. The molecule has 2 aromatic rings. The normalized spacial score (nSPS) is 19.0. The molecule has 2 heterocycles. The molecule has 1 N–H and O–H groups in total. The van der Waals surface area contributed by atoms with Gasteiger partial charge in [-0.25, -0.2) is 4.39 Å². The average Bonchev–Trinajstić information content (AvgIpc) is 2.96. The number of fused-ring (bicyclic) bond motifs is 1. The van der Waals surface area contributed by atoms with Gasteiger partial charge in [-0.1, -0.05) is 18.6 Å². The summed E-state index contributed by atoms with van der Waals surface area (Å²) in [6, 6.07) is 9.80. The fourth-order valence-corrected chi connectivity index (χ4v) is 4.10.